The van der Waals surface area contributed by atoms with Gasteiger partial charge in [-0.2, -0.15) is 0 Å². The summed E-state index contributed by atoms with van der Waals surface area (Å²) in [5.74, 6) is -1.72. The number of nitrogen functional groups attached to an aromatic ring is 1. The molecule has 0 aliphatic carbocycles. The number of aromatic nitrogens is 1. The fourth-order valence-corrected chi connectivity index (χ4v) is 2.07. The monoisotopic (exact) mass is 252 g/mol. The molecular formula is C12H10F2N2S. The molecule has 0 spiro atoms. The predicted octanol–water partition coefficient (Wildman–Crippen LogP) is 3.40. The van der Waals surface area contributed by atoms with Gasteiger partial charge in [-0.05, 0) is 36.8 Å². The van der Waals surface area contributed by atoms with Crippen LogP contribution in [0.1, 0.15) is 5.56 Å². The van der Waals surface area contributed by atoms with E-state index in [-0.39, 0.29) is 0 Å². The molecule has 0 fully saturated rings. The average Bonchev–Trinajstić information content (AvgIpc) is 2.29. The number of halogens is 2. The van der Waals surface area contributed by atoms with Crippen LogP contribution in [-0.2, 0) is 0 Å². The molecule has 1 heterocycles. The SMILES string of the molecule is Cc1cnc(Sc2ccc(F)c(F)c2)cc1N. The van der Waals surface area contributed by atoms with Gasteiger partial charge < -0.3 is 5.73 Å². The standard InChI is InChI=1S/C12H10F2N2S/c1-7-6-16-12(5-11(7)15)17-8-2-3-9(13)10(14)4-8/h2-6H,1H3,(H2,15,16). The van der Waals surface area contributed by atoms with E-state index in [0.29, 0.717) is 15.6 Å². The molecule has 0 unspecified atom stereocenters. The average molecular weight is 252 g/mol. The molecule has 0 radical (unpaired) electrons. The van der Waals surface area contributed by atoms with E-state index >= 15 is 0 Å². The minimum Gasteiger partial charge on any atom is -0.398 e. The van der Waals surface area contributed by atoms with E-state index in [0.717, 1.165) is 17.7 Å². The number of benzene rings is 1. The van der Waals surface area contributed by atoms with Crippen LogP contribution in [-0.4, -0.2) is 4.98 Å². The molecule has 2 nitrogen and oxygen atoms in total. The van der Waals surface area contributed by atoms with E-state index in [1.807, 2.05) is 6.92 Å². The number of hydrogen-bond donors (Lipinski definition) is 1. The molecule has 0 aliphatic rings. The molecule has 88 valence electrons. The fraction of sp³-hybridized carbons (Fsp3) is 0.0833. The van der Waals surface area contributed by atoms with Crippen LogP contribution in [0, 0.1) is 18.6 Å². The van der Waals surface area contributed by atoms with Gasteiger partial charge in [-0.1, -0.05) is 11.8 Å². The number of nitrogens with zero attached hydrogens (tertiary/aromatic N) is 1. The summed E-state index contributed by atoms with van der Waals surface area (Å²) >= 11 is 1.24. The molecule has 0 saturated heterocycles. The van der Waals surface area contributed by atoms with Crippen LogP contribution in [0.3, 0.4) is 0 Å². The van der Waals surface area contributed by atoms with E-state index in [9.17, 15) is 8.78 Å². The molecule has 2 rings (SSSR count). The van der Waals surface area contributed by atoms with Gasteiger partial charge >= 0.3 is 0 Å². The lowest BCUT2D eigenvalue weighted by atomic mass is 10.3. The minimum atomic E-state index is -0.866. The van der Waals surface area contributed by atoms with Crippen molar-refractivity contribution in [2.75, 3.05) is 5.73 Å². The molecule has 0 aliphatic heterocycles. The number of aryl methyl sites for hydroxylation is 1. The Morgan fingerprint density at radius 1 is 1.18 bits per heavy atom. The minimum absolute atomic E-state index is 0.583. The van der Waals surface area contributed by atoms with Crippen molar-refractivity contribution in [2.45, 2.75) is 16.8 Å². The van der Waals surface area contributed by atoms with Crippen molar-refractivity contribution in [1.82, 2.24) is 4.98 Å². The summed E-state index contributed by atoms with van der Waals surface area (Å²) in [6.45, 7) is 1.86. The van der Waals surface area contributed by atoms with Crippen molar-refractivity contribution in [2.24, 2.45) is 0 Å². The third kappa shape index (κ3) is 2.74. The molecule has 1 aromatic carbocycles. The zero-order chi connectivity index (χ0) is 12.4. The van der Waals surface area contributed by atoms with E-state index in [1.54, 1.807) is 12.3 Å². The largest absolute Gasteiger partial charge is 0.398 e. The summed E-state index contributed by atoms with van der Waals surface area (Å²) in [4.78, 5) is 4.74. The van der Waals surface area contributed by atoms with Crippen molar-refractivity contribution in [3.05, 3.63) is 47.7 Å². The lowest BCUT2D eigenvalue weighted by molar-refractivity contribution is 0.506. The lowest BCUT2D eigenvalue weighted by Crippen LogP contribution is -1.92. The maximum absolute atomic E-state index is 13.0. The topological polar surface area (TPSA) is 38.9 Å². The van der Waals surface area contributed by atoms with Gasteiger partial charge in [-0.15, -0.1) is 0 Å². The molecular weight excluding hydrogens is 242 g/mol. The van der Waals surface area contributed by atoms with E-state index in [1.165, 1.54) is 17.8 Å². The first kappa shape index (κ1) is 11.9. The third-order valence-corrected chi connectivity index (χ3v) is 3.16. The Bertz CT molecular complexity index is 509. The summed E-state index contributed by atoms with van der Waals surface area (Å²) in [6, 6.07) is 5.44. The molecule has 1 aromatic heterocycles. The van der Waals surface area contributed by atoms with Crippen molar-refractivity contribution >= 4 is 17.4 Å². The van der Waals surface area contributed by atoms with Crippen LogP contribution in [0.25, 0.3) is 0 Å². The second kappa shape index (κ2) is 4.71. The van der Waals surface area contributed by atoms with Crippen LogP contribution < -0.4 is 5.73 Å². The highest BCUT2D eigenvalue weighted by atomic mass is 32.2. The van der Waals surface area contributed by atoms with Gasteiger partial charge in [-0.25, -0.2) is 13.8 Å². The van der Waals surface area contributed by atoms with Crippen molar-refractivity contribution < 1.29 is 8.78 Å². The van der Waals surface area contributed by atoms with Crippen LogP contribution in [0.4, 0.5) is 14.5 Å². The van der Waals surface area contributed by atoms with Crippen molar-refractivity contribution in [3.63, 3.8) is 0 Å². The zero-order valence-electron chi connectivity index (χ0n) is 9.08. The Hall–Kier alpha value is -1.62. The normalized spacial score (nSPS) is 10.5. The highest BCUT2D eigenvalue weighted by Gasteiger charge is 2.05. The van der Waals surface area contributed by atoms with Crippen LogP contribution in [0.2, 0.25) is 0 Å². The summed E-state index contributed by atoms with van der Waals surface area (Å²) in [5, 5.41) is 0.652. The molecule has 5 heteroatoms. The first-order valence-corrected chi connectivity index (χ1v) is 5.73. The van der Waals surface area contributed by atoms with Gasteiger partial charge in [0.05, 0.1) is 0 Å². The Balaban J connectivity index is 2.25. The third-order valence-electron chi connectivity index (χ3n) is 2.23. The van der Waals surface area contributed by atoms with E-state index < -0.39 is 11.6 Å². The molecule has 0 amide bonds. The fourth-order valence-electron chi connectivity index (χ4n) is 1.24. The van der Waals surface area contributed by atoms with E-state index in [4.69, 9.17) is 5.73 Å². The molecule has 0 bridgehead atoms. The molecule has 2 aromatic rings. The summed E-state index contributed by atoms with van der Waals surface area (Å²) in [7, 11) is 0. The van der Waals surface area contributed by atoms with Gasteiger partial charge in [0.15, 0.2) is 11.6 Å². The first-order valence-electron chi connectivity index (χ1n) is 4.91. The molecule has 0 saturated carbocycles. The second-order valence-corrected chi connectivity index (χ2v) is 4.65. The number of anilines is 1. The number of hydrogen-bond acceptors (Lipinski definition) is 3. The highest BCUT2D eigenvalue weighted by molar-refractivity contribution is 7.99. The van der Waals surface area contributed by atoms with Crippen LogP contribution in [0.15, 0.2) is 40.4 Å². The Morgan fingerprint density at radius 3 is 2.59 bits per heavy atom. The highest BCUT2D eigenvalue weighted by Crippen LogP contribution is 2.28. The maximum atomic E-state index is 13.0. The van der Waals surface area contributed by atoms with Gasteiger partial charge in [0.2, 0.25) is 0 Å². The quantitative estimate of drug-likeness (QED) is 0.890. The van der Waals surface area contributed by atoms with Gasteiger partial charge in [0.1, 0.15) is 5.03 Å². The van der Waals surface area contributed by atoms with Gasteiger partial charge in [0, 0.05) is 16.8 Å². The molecule has 17 heavy (non-hydrogen) atoms. The Morgan fingerprint density at radius 2 is 1.94 bits per heavy atom. The Kier molecular flexibility index (Phi) is 3.28. The van der Waals surface area contributed by atoms with Crippen molar-refractivity contribution in [1.29, 1.82) is 0 Å². The van der Waals surface area contributed by atoms with Gasteiger partial charge in [-0.3, -0.25) is 0 Å². The Labute approximate surface area is 102 Å². The number of pyridine rings is 1. The lowest BCUT2D eigenvalue weighted by Gasteiger charge is -2.04. The summed E-state index contributed by atoms with van der Waals surface area (Å²) < 4.78 is 25.7. The van der Waals surface area contributed by atoms with E-state index in [2.05, 4.69) is 4.98 Å². The molecule has 2 N–H and O–H groups in total. The van der Waals surface area contributed by atoms with Crippen molar-refractivity contribution in [3.8, 4) is 0 Å². The zero-order valence-corrected chi connectivity index (χ0v) is 9.89. The maximum Gasteiger partial charge on any atom is 0.159 e. The first-order chi connectivity index (χ1) is 8.06. The second-order valence-electron chi connectivity index (χ2n) is 3.56. The smallest absolute Gasteiger partial charge is 0.159 e. The summed E-state index contributed by atoms with van der Waals surface area (Å²) in [5.41, 5.74) is 7.26. The number of nitrogens with two attached hydrogens (primary N) is 1. The number of rotatable bonds is 2. The summed E-state index contributed by atoms with van der Waals surface area (Å²) in [6.07, 6.45) is 1.65. The van der Waals surface area contributed by atoms with Crippen LogP contribution >= 0.6 is 11.8 Å². The van der Waals surface area contributed by atoms with Gasteiger partial charge in [0.25, 0.3) is 0 Å². The molecule has 0 atom stereocenters. The van der Waals surface area contributed by atoms with Crippen LogP contribution in [0.5, 0.6) is 0 Å². The predicted molar refractivity (Wildman–Crippen MR) is 63.9 cm³/mol.